The van der Waals surface area contributed by atoms with Crippen LogP contribution in [0.3, 0.4) is 0 Å². The number of rotatable bonds is 4. The number of aryl methyl sites for hydroxylation is 1. The van der Waals surface area contributed by atoms with Gasteiger partial charge in [0.2, 0.25) is 0 Å². The van der Waals surface area contributed by atoms with Gasteiger partial charge in [-0.2, -0.15) is 0 Å². The lowest BCUT2D eigenvalue weighted by Gasteiger charge is -2.08. The Labute approximate surface area is 124 Å². The molecule has 0 aliphatic heterocycles. The van der Waals surface area contributed by atoms with Gasteiger partial charge in [-0.05, 0) is 31.2 Å². The van der Waals surface area contributed by atoms with Crippen molar-refractivity contribution in [3.63, 3.8) is 0 Å². The van der Waals surface area contributed by atoms with Gasteiger partial charge in [-0.1, -0.05) is 0 Å². The molecule has 0 aliphatic rings. The minimum absolute atomic E-state index is 0.0581. The van der Waals surface area contributed by atoms with Crippen molar-refractivity contribution < 1.29 is 4.92 Å². The number of hydrogen-bond donors (Lipinski definition) is 1. The highest BCUT2D eigenvalue weighted by atomic mass is 32.1. The van der Waals surface area contributed by atoms with Crippen molar-refractivity contribution in [1.82, 2.24) is 9.97 Å². The van der Waals surface area contributed by atoms with Crippen LogP contribution >= 0.6 is 11.3 Å². The molecule has 3 aromatic rings. The molecule has 0 bridgehead atoms. The minimum Gasteiger partial charge on any atom is -0.375 e. The van der Waals surface area contributed by atoms with E-state index in [1.807, 2.05) is 6.92 Å². The van der Waals surface area contributed by atoms with Crippen molar-refractivity contribution in [3.8, 4) is 0 Å². The molecule has 0 unspecified atom stereocenters. The number of aromatic nitrogens is 2. The van der Waals surface area contributed by atoms with Crippen LogP contribution in [0.25, 0.3) is 10.9 Å². The summed E-state index contributed by atoms with van der Waals surface area (Å²) in [5.74, 6) is 0. The van der Waals surface area contributed by atoms with E-state index >= 15 is 0 Å². The number of fused-ring (bicyclic) bond motifs is 1. The number of benzene rings is 1. The maximum absolute atomic E-state index is 11.4. The highest BCUT2D eigenvalue weighted by molar-refractivity contribution is 7.09. The van der Waals surface area contributed by atoms with E-state index < -0.39 is 0 Å². The molecule has 2 heterocycles. The van der Waals surface area contributed by atoms with Crippen LogP contribution in [0.1, 0.15) is 10.6 Å². The Morgan fingerprint density at radius 3 is 2.90 bits per heavy atom. The lowest BCUT2D eigenvalue weighted by Crippen LogP contribution is -2.03. The van der Waals surface area contributed by atoms with E-state index in [0.717, 1.165) is 10.6 Å². The lowest BCUT2D eigenvalue weighted by atomic mass is 10.1. The molecule has 6 nitrogen and oxygen atoms in total. The lowest BCUT2D eigenvalue weighted by molar-refractivity contribution is -0.382. The number of nitro benzene ring substituents is 1. The second-order valence-electron chi connectivity index (χ2n) is 4.50. The van der Waals surface area contributed by atoms with Crippen molar-refractivity contribution in [3.05, 3.63) is 56.7 Å². The van der Waals surface area contributed by atoms with Gasteiger partial charge in [-0.15, -0.1) is 11.3 Å². The van der Waals surface area contributed by atoms with Crippen LogP contribution in [-0.4, -0.2) is 14.9 Å². The summed E-state index contributed by atoms with van der Waals surface area (Å²) >= 11 is 1.53. The highest BCUT2D eigenvalue weighted by Gasteiger charge is 2.18. The third-order valence-electron chi connectivity index (χ3n) is 3.22. The van der Waals surface area contributed by atoms with Crippen LogP contribution in [0, 0.1) is 17.0 Å². The maximum Gasteiger partial charge on any atom is 0.301 e. The van der Waals surface area contributed by atoms with Gasteiger partial charge in [0.05, 0.1) is 33.6 Å². The van der Waals surface area contributed by atoms with Gasteiger partial charge in [0, 0.05) is 11.1 Å². The Hall–Kier alpha value is -2.54. The first-order chi connectivity index (χ1) is 10.2. The SMILES string of the molecule is Cc1ncsc1CNc1ccc2ncccc2c1[N+](=O)[O-]. The Bertz CT molecular complexity index is 816. The minimum atomic E-state index is -0.369. The van der Waals surface area contributed by atoms with Gasteiger partial charge >= 0.3 is 5.69 Å². The monoisotopic (exact) mass is 300 g/mol. The fourth-order valence-electron chi connectivity index (χ4n) is 2.15. The fourth-order valence-corrected chi connectivity index (χ4v) is 2.86. The Balaban J connectivity index is 2.00. The maximum atomic E-state index is 11.4. The van der Waals surface area contributed by atoms with Crippen molar-refractivity contribution in [2.45, 2.75) is 13.5 Å². The molecular weight excluding hydrogens is 288 g/mol. The van der Waals surface area contributed by atoms with Gasteiger partial charge in [0.25, 0.3) is 0 Å². The van der Waals surface area contributed by atoms with E-state index in [1.54, 1.807) is 36.0 Å². The predicted octanol–water partition coefficient (Wildman–Crippen LogP) is 3.52. The number of anilines is 1. The van der Waals surface area contributed by atoms with E-state index in [4.69, 9.17) is 0 Å². The molecule has 0 radical (unpaired) electrons. The molecule has 3 rings (SSSR count). The molecule has 0 amide bonds. The van der Waals surface area contributed by atoms with E-state index in [-0.39, 0.29) is 10.6 Å². The van der Waals surface area contributed by atoms with Crippen molar-refractivity contribution >= 4 is 33.6 Å². The summed E-state index contributed by atoms with van der Waals surface area (Å²) in [7, 11) is 0. The summed E-state index contributed by atoms with van der Waals surface area (Å²) in [4.78, 5) is 20.4. The van der Waals surface area contributed by atoms with E-state index in [2.05, 4.69) is 15.3 Å². The average Bonchev–Trinajstić information content (AvgIpc) is 2.89. The predicted molar refractivity (Wildman–Crippen MR) is 82.6 cm³/mol. The second-order valence-corrected chi connectivity index (χ2v) is 5.44. The molecule has 0 fully saturated rings. The van der Waals surface area contributed by atoms with Gasteiger partial charge < -0.3 is 5.32 Å². The first-order valence-corrected chi connectivity index (χ1v) is 7.19. The van der Waals surface area contributed by atoms with Crippen LogP contribution in [-0.2, 0) is 6.54 Å². The second kappa shape index (κ2) is 5.45. The molecule has 0 aliphatic carbocycles. The summed E-state index contributed by atoms with van der Waals surface area (Å²) in [6.07, 6.45) is 1.62. The highest BCUT2D eigenvalue weighted by Crippen LogP contribution is 2.33. The van der Waals surface area contributed by atoms with Crippen LogP contribution < -0.4 is 5.32 Å². The first kappa shape index (κ1) is 13.4. The summed E-state index contributed by atoms with van der Waals surface area (Å²) in [5, 5.41) is 15.1. The van der Waals surface area contributed by atoms with Gasteiger partial charge in [-0.25, -0.2) is 4.98 Å². The molecule has 0 saturated heterocycles. The Kier molecular flexibility index (Phi) is 3.49. The number of thiazole rings is 1. The molecule has 1 N–H and O–H groups in total. The Morgan fingerprint density at radius 1 is 1.33 bits per heavy atom. The molecule has 1 aromatic carbocycles. The molecule has 106 valence electrons. The van der Waals surface area contributed by atoms with Crippen LogP contribution in [0.5, 0.6) is 0 Å². The zero-order valence-electron chi connectivity index (χ0n) is 11.2. The number of nitrogens with zero attached hydrogens (tertiary/aromatic N) is 3. The third-order valence-corrected chi connectivity index (χ3v) is 4.16. The number of nitrogens with one attached hydrogen (secondary N) is 1. The topological polar surface area (TPSA) is 81.0 Å². The zero-order chi connectivity index (χ0) is 14.8. The van der Waals surface area contributed by atoms with Gasteiger partial charge in [0.1, 0.15) is 5.69 Å². The van der Waals surface area contributed by atoms with Crippen LogP contribution in [0.15, 0.2) is 36.0 Å². The summed E-state index contributed by atoms with van der Waals surface area (Å²) in [6.45, 7) is 2.44. The molecule has 0 spiro atoms. The summed E-state index contributed by atoms with van der Waals surface area (Å²) < 4.78 is 0. The largest absolute Gasteiger partial charge is 0.375 e. The standard InChI is InChI=1S/C14H12N4O2S/c1-9-13(21-8-17-9)7-16-12-5-4-11-10(3-2-6-15-11)14(12)18(19)20/h2-6,8,16H,7H2,1H3. The summed E-state index contributed by atoms with van der Waals surface area (Å²) in [6, 6.07) is 6.89. The van der Waals surface area contributed by atoms with Crippen molar-refractivity contribution in [1.29, 1.82) is 0 Å². The number of hydrogen-bond acceptors (Lipinski definition) is 6. The quantitative estimate of drug-likeness (QED) is 0.589. The first-order valence-electron chi connectivity index (χ1n) is 6.32. The molecular formula is C14H12N4O2S. The number of nitro groups is 1. The van der Waals surface area contributed by atoms with Gasteiger partial charge in [0.15, 0.2) is 0 Å². The fraction of sp³-hybridized carbons (Fsp3) is 0.143. The van der Waals surface area contributed by atoms with Crippen molar-refractivity contribution in [2.75, 3.05) is 5.32 Å². The molecule has 7 heteroatoms. The third kappa shape index (κ3) is 2.55. The van der Waals surface area contributed by atoms with Crippen molar-refractivity contribution in [2.24, 2.45) is 0 Å². The van der Waals surface area contributed by atoms with E-state index in [0.29, 0.717) is 23.1 Å². The van der Waals surface area contributed by atoms with Gasteiger partial charge in [-0.3, -0.25) is 15.1 Å². The van der Waals surface area contributed by atoms with E-state index in [9.17, 15) is 10.1 Å². The molecule has 2 aromatic heterocycles. The average molecular weight is 300 g/mol. The zero-order valence-corrected chi connectivity index (χ0v) is 12.1. The Morgan fingerprint density at radius 2 is 2.19 bits per heavy atom. The normalized spacial score (nSPS) is 10.7. The van der Waals surface area contributed by atoms with E-state index in [1.165, 1.54) is 11.3 Å². The molecule has 0 atom stereocenters. The smallest absolute Gasteiger partial charge is 0.301 e. The summed E-state index contributed by atoms with van der Waals surface area (Å²) in [5.41, 5.74) is 3.88. The number of pyridine rings is 1. The van der Waals surface area contributed by atoms with Crippen LogP contribution in [0.4, 0.5) is 11.4 Å². The van der Waals surface area contributed by atoms with Crippen LogP contribution in [0.2, 0.25) is 0 Å². The molecule has 21 heavy (non-hydrogen) atoms. The molecule has 0 saturated carbocycles.